The normalized spacial score (nSPS) is 27.6. The van der Waals surface area contributed by atoms with E-state index in [0.29, 0.717) is 29.7 Å². The molecule has 1 saturated heterocycles. The van der Waals surface area contributed by atoms with Crippen LogP contribution in [-0.2, 0) is 11.0 Å². The van der Waals surface area contributed by atoms with Crippen LogP contribution < -0.4 is 4.74 Å². The molecule has 1 fully saturated rings. The molecule has 0 spiro atoms. The molecule has 1 unspecified atom stereocenters. The van der Waals surface area contributed by atoms with Gasteiger partial charge < -0.3 is 24.8 Å². The summed E-state index contributed by atoms with van der Waals surface area (Å²) in [7, 11) is 1.98. The van der Waals surface area contributed by atoms with Crippen LogP contribution in [0.5, 0.6) is 11.5 Å². The van der Waals surface area contributed by atoms with Crippen LogP contribution in [0.2, 0.25) is 0 Å². The van der Waals surface area contributed by atoms with Crippen molar-refractivity contribution in [3.63, 3.8) is 0 Å². The van der Waals surface area contributed by atoms with Crippen LogP contribution in [0.3, 0.4) is 0 Å². The maximum Gasteiger partial charge on any atom is 0.185 e. The molecule has 3 N–H and O–H groups in total. The number of carbonyl (C=O) groups excluding carboxylic acids is 1. The Bertz CT molecular complexity index is 1300. The van der Waals surface area contributed by atoms with Crippen LogP contribution in [0.1, 0.15) is 46.8 Å². The first kappa shape index (κ1) is 20.6. The van der Waals surface area contributed by atoms with Crippen molar-refractivity contribution in [1.82, 2.24) is 9.88 Å². The van der Waals surface area contributed by atoms with Crippen LogP contribution in [0, 0.1) is 19.5 Å². The highest BCUT2D eigenvalue weighted by Crippen LogP contribution is 2.60. The van der Waals surface area contributed by atoms with E-state index in [4.69, 9.17) is 11.2 Å². The number of terminal acetylenes is 1. The Labute approximate surface area is 186 Å². The minimum atomic E-state index is -1.42. The number of likely N-dealkylation sites (N-methyl/N-ethyl adjacent to an activating group) is 1. The van der Waals surface area contributed by atoms with Gasteiger partial charge in [0.05, 0.1) is 0 Å². The molecule has 0 amide bonds. The lowest BCUT2D eigenvalue weighted by atomic mass is 9.51. The molecule has 1 aromatic heterocycles. The minimum Gasteiger partial charge on any atom is -0.504 e. The van der Waals surface area contributed by atoms with E-state index >= 15 is 0 Å². The molecule has 2 aromatic carbocycles. The molecule has 0 bridgehead atoms. The van der Waals surface area contributed by atoms with Gasteiger partial charge in [-0.25, -0.2) is 0 Å². The van der Waals surface area contributed by atoms with Crippen molar-refractivity contribution in [2.75, 3.05) is 13.6 Å². The summed E-state index contributed by atoms with van der Waals surface area (Å²) >= 11 is 0. The average molecular weight is 431 g/mol. The largest absolute Gasteiger partial charge is 0.504 e. The summed E-state index contributed by atoms with van der Waals surface area (Å²) in [5, 5.41) is 24.3. The summed E-state index contributed by atoms with van der Waals surface area (Å²) in [6, 6.07) is 8.67. The summed E-state index contributed by atoms with van der Waals surface area (Å²) in [5.41, 5.74) is 0.955. The molecule has 2 aliphatic rings. The number of ether oxygens (including phenoxy) is 1. The number of aryl methyl sites for hydroxylation is 1. The predicted octanol–water partition coefficient (Wildman–Crippen LogP) is 3.59. The topological polar surface area (TPSA) is 85.8 Å². The lowest BCUT2D eigenvalue weighted by Crippen LogP contribution is -2.67. The van der Waals surface area contributed by atoms with Gasteiger partial charge in [0, 0.05) is 46.1 Å². The number of phenols is 1. The Kier molecular flexibility index (Phi) is 4.42. The molecule has 164 valence electrons. The third-order valence-corrected chi connectivity index (χ3v) is 7.74. The van der Waals surface area contributed by atoms with Gasteiger partial charge in [0.15, 0.2) is 17.3 Å². The van der Waals surface area contributed by atoms with Crippen LogP contribution in [-0.4, -0.2) is 45.5 Å². The van der Waals surface area contributed by atoms with E-state index in [1.165, 1.54) is 6.07 Å². The maximum absolute atomic E-state index is 13.6. The molecule has 3 atom stereocenters. The highest BCUT2D eigenvalue weighted by molar-refractivity contribution is 6.04. The highest BCUT2D eigenvalue weighted by atomic mass is 16.5. The van der Waals surface area contributed by atoms with E-state index < -0.39 is 11.0 Å². The lowest BCUT2D eigenvalue weighted by Gasteiger charge is -2.59. The molecule has 3 aromatic rings. The van der Waals surface area contributed by atoms with Crippen molar-refractivity contribution in [2.24, 2.45) is 0 Å². The van der Waals surface area contributed by atoms with Crippen molar-refractivity contribution in [3.05, 3.63) is 58.8 Å². The van der Waals surface area contributed by atoms with E-state index in [0.717, 1.165) is 16.5 Å². The van der Waals surface area contributed by atoms with Crippen molar-refractivity contribution in [1.29, 1.82) is 0 Å². The van der Waals surface area contributed by atoms with E-state index in [1.807, 2.05) is 45.3 Å². The number of ketones is 1. The van der Waals surface area contributed by atoms with Crippen LogP contribution in [0.25, 0.3) is 10.9 Å². The molecule has 6 heteroatoms. The number of nitrogens with one attached hydrogen (secondary N) is 1. The van der Waals surface area contributed by atoms with Gasteiger partial charge in [0.25, 0.3) is 0 Å². The number of aromatic hydroxyl groups is 1. The van der Waals surface area contributed by atoms with E-state index in [9.17, 15) is 15.0 Å². The second-order valence-electron chi connectivity index (χ2n) is 9.14. The lowest BCUT2D eigenvalue weighted by molar-refractivity contribution is -0.138. The van der Waals surface area contributed by atoms with E-state index in [1.54, 1.807) is 6.07 Å². The van der Waals surface area contributed by atoms with Crippen LogP contribution in [0.4, 0.5) is 0 Å². The Hall–Kier alpha value is -3.27. The number of piperidine rings is 1. The third-order valence-electron chi connectivity index (χ3n) is 7.74. The number of Topliss-reactive ketones (excluding diaryl/α,β-unsaturated/α-hetero) is 1. The SMILES string of the molecule is C#COc1c(O)ccc(C)c1[C@]12CCN(C)C(C)[C@]1(O)c1cc3[nH]ccc3cc1C(=O)C2. The fraction of sp³-hybridized carbons (Fsp3) is 0.346. The fourth-order valence-corrected chi connectivity index (χ4v) is 6.02. The Morgan fingerprint density at radius 3 is 2.84 bits per heavy atom. The standard InChI is InChI=1S/C26H26N2O4/c1-5-32-24-21(29)7-6-15(2)23(24)25-9-11-28(4)16(3)26(25,31)19-13-20-17(8-10-27-20)12-18(19)22(30)14-25/h1,6-8,10,12-13,16,27,29,31H,9,11,14H2,2-4H3/t16?,25-,26+/m1/s1. The number of H-pyrrole nitrogens is 1. The molecule has 32 heavy (non-hydrogen) atoms. The first-order chi connectivity index (χ1) is 15.2. The van der Waals surface area contributed by atoms with Crippen LogP contribution >= 0.6 is 0 Å². The number of aromatic nitrogens is 1. The molecule has 0 saturated carbocycles. The zero-order chi connectivity index (χ0) is 22.8. The third kappa shape index (κ3) is 2.46. The molecular weight excluding hydrogens is 404 g/mol. The molecule has 2 heterocycles. The van der Waals surface area contributed by atoms with E-state index in [-0.39, 0.29) is 29.7 Å². The number of hydrogen-bond donors (Lipinski definition) is 3. The number of likely N-dealkylation sites (tertiary alicyclic amines) is 1. The molecular formula is C26H26N2O4. The van der Waals surface area contributed by atoms with Gasteiger partial charge in [-0.3, -0.25) is 4.79 Å². The smallest absolute Gasteiger partial charge is 0.185 e. The molecule has 5 rings (SSSR count). The highest BCUT2D eigenvalue weighted by Gasteiger charge is 2.64. The zero-order valence-electron chi connectivity index (χ0n) is 18.4. The molecule has 1 aliphatic heterocycles. The summed E-state index contributed by atoms with van der Waals surface area (Å²) in [5.74, 6) is -0.0104. The summed E-state index contributed by atoms with van der Waals surface area (Å²) in [6.45, 7) is 4.54. The van der Waals surface area contributed by atoms with Gasteiger partial charge in [-0.05, 0) is 69.3 Å². The summed E-state index contributed by atoms with van der Waals surface area (Å²) in [4.78, 5) is 18.9. The van der Waals surface area contributed by atoms with Gasteiger partial charge in [-0.15, -0.1) is 0 Å². The van der Waals surface area contributed by atoms with Crippen molar-refractivity contribution >= 4 is 16.7 Å². The predicted molar refractivity (Wildman–Crippen MR) is 122 cm³/mol. The Morgan fingerprint density at radius 1 is 1.31 bits per heavy atom. The maximum atomic E-state index is 13.6. The Balaban J connectivity index is 1.90. The fourth-order valence-electron chi connectivity index (χ4n) is 6.02. The first-order valence-electron chi connectivity index (χ1n) is 10.8. The van der Waals surface area contributed by atoms with Gasteiger partial charge in [-0.2, -0.15) is 0 Å². The Morgan fingerprint density at radius 2 is 2.09 bits per heavy atom. The second kappa shape index (κ2) is 6.86. The number of rotatable bonds is 2. The van der Waals surface area contributed by atoms with Gasteiger partial charge in [0.2, 0.25) is 0 Å². The monoisotopic (exact) mass is 430 g/mol. The number of phenolic OH excluding ortho intramolecular Hbond substituents is 1. The van der Waals surface area contributed by atoms with Crippen molar-refractivity contribution in [3.8, 4) is 24.0 Å². The van der Waals surface area contributed by atoms with E-state index in [2.05, 4.69) is 16.0 Å². The van der Waals surface area contributed by atoms with Crippen molar-refractivity contribution in [2.45, 2.75) is 43.7 Å². The van der Waals surface area contributed by atoms with Gasteiger partial charge >= 0.3 is 0 Å². The van der Waals surface area contributed by atoms with Gasteiger partial charge in [0.1, 0.15) is 11.7 Å². The quantitative estimate of drug-likeness (QED) is 0.541. The number of benzene rings is 2. The number of carbonyl (C=O) groups is 1. The van der Waals surface area contributed by atoms with Crippen LogP contribution in [0.15, 0.2) is 36.5 Å². The number of fused-ring (bicyclic) bond motifs is 4. The minimum absolute atomic E-state index is 0.0427. The first-order valence-corrected chi connectivity index (χ1v) is 10.8. The number of aromatic amines is 1. The number of nitrogens with zero attached hydrogens (tertiary/aromatic N) is 1. The molecule has 0 radical (unpaired) electrons. The van der Waals surface area contributed by atoms with Gasteiger partial charge in [-0.1, -0.05) is 12.5 Å². The second-order valence-corrected chi connectivity index (χ2v) is 9.14. The molecule has 1 aliphatic carbocycles. The average Bonchev–Trinajstić information content (AvgIpc) is 3.23. The summed E-state index contributed by atoms with van der Waals surface area (Å²) in [6.07, 6.45) is 10.0. The number of hydrogen-bond acceptors (Lipinski definition) is 5. The zero-order valence-corrected chi connectivity index (χ0v) is 18.4. The van der Waals surface area contributed by atoms with Crippen molar-refractivity contribution < 1.29 is 19.7 Å². The molecule has 6 nitrogen and oxygen atoms in total. The number of aliphatic hydroxyl groups is 1. The summed E-state index contributed by atoms with van der Waals surface area (Å²) < 4.78 is 5.47.